The molecule has 0 aliphatic heterocycles. The minimum absolute atomic E-state index is 0.0910. The number of aromatic hydroxyl groups is 1. The van der Waals surface area contributed by atoms with Gasteiger partial charge in [-0.3, -0.25) is 0 Å². The third-order valence-corrected chi connectivity index (χ3v) is 7.00. The van der Waals surface area contributed by atoms with Crippen LogP contribution in [0.1, 0.15) is 56.1 Å². The first-order valence-electron chi connectivity index (χ1n) is 9.76. The second-order valence-electron chi connectivity index (χ2n) is 8.07. The number of aliphatic hydroxyl groups is 1. The number of fused-ring (bicyclic) bond motifs is 5. The number of ether oxygens (including phenoxy) is 1. The average molecular weight is 330 g/mol. The van der Waals surface area contributed by atoms with E-state index >= 15 is 0 Å². The fourth-order valence-corrected chi connectivity index (χ4v) is 6.06. The number of hydrogen-bond donors (Lipinski definition) is 2. The van der Waals surface area contributed by atoms with Gasteiger partial charge in [-0.2, -0.15) is 0 Å². The Morgan fingerprint density at radius 2 is 2.00 bits per heavy atom. The summed E-state index contributed by atoms with van der Waals surface area (Å²) in [6, 6.07) is 6.00. The van der Waals surface area contributed by atoms with Crippen molar-refractivity contribution in [3.8, 4) is 5.75 Å². The van der Waals surface area contributed by atoms with Gasteiger partial charge in [-0.25, -0.2) is 0 Å². The van der Waals surface area contributed by atoms with E-state index in [4.69, 9.17) is 4.74 Å². The molecule has 0 saturated heterocycles. The fourth-order valence-electron chi connectivity index (χ4n) is 6.06. The van der Waals surface area contributed by atoms with E-state index in [0.717, 1.165) is 38.9 Å². The lowest BCUT2D eigenvalue weighted by molar-refractivity contribution is 0.0132. The van der Waals surface area contributed by atoms with Crippen molar-refractivity contribution in [3.63, 3.8) is 0 Å². The predicted molar refractivity (Wildman–Crippen MR) is 94.1 cm³/mol. The molecule has 0 amide bonds. The van der Waals surface area contributed by atoms with E-state index in [0.29, 0.717) is 35.3 Å². The summed E-state index contributed by atoms with van der Waals surface area (Å²) in [4.78, 5) is 0. The van der Waals surface area contributed by atoms with Gasteiger partial charge in [0.1, 0.15) is 5.75 Å². The molecule has 132 valence electrons. The molecule has 1 aromatic rings. The van der Waals surface area contributed by atoms with Gasteiger partial charge in [-0.05, 0) is 98.3 Å². The minimum Gasteiger partial charge on any atom is -0.508 e. The first-order chi connectivity index (χ1) is 11.7. The smallest absolute Gasteiger partial charge is 0.115 e. The molecule has 0 spiro atoms. The van der Waals surface area contributed by atoms with Gasteiger partial charge in [0, 0.05) is 13.2 Å². The third kappa shape index (κ3) is 2.76. The molecule has 3 aliphatic rings. The third-order valence-electron chi connectivity index (χ3n) is 7.00. The Labute approximate surface area is 145 Å². The maximum atomic E-state index is 10.5. The van der Waals surface area contributed by atoms with Crippen molar-refractivity contribution in [3.05, 3.63) is 29.3 Å². The number of phenolic OH excluding ortho intramolecular Hbond substituents is 1. The lowest BCUT2D eigenvalue weighted by atomic mass is 9.56. The summed E-state index contributed by atoms with van der Waals surface area (Å²) >= 11 is 0. The second-order valence-corrected chi connectivity index (χ2v) is 8.07. The van der Waals surface area contributed by atoms with Gasteiger partial charge in [0.25, 0.3) is 0 Å². The lowest BCUT2D eigenvalue weighted by Crippen LogP contribution is -2.42. The Hall–Kier alpha value is -1.06. The van der Waals surface area contributed by atoms with Gasteiger partial charge in [-0.1, -0.05) is 6.07 Å². The quantitative estimate of drug-likeness (QED) is 0.824. The van der Waals surface area contributed by atoms with E-state index in [-0.39, 0.29) is 6.10 Å². The van der Waals surface area contributed by atoms with Crippen LogP contribution in [0.2, 0.25) is 0 Å². The van der Waals surface area contributed by atoms with Crippen LogP contribution < -0.4 is 0 Å². The molecule has 2 fully saturated rings. The molecule has 1 aromatic carbocycles. The molecule has 2 N–H and O–H groups in total. The summed E-state index contributed by atoms with van der Waals surface area (Å²) in [5.74, 6) is 3.46. The highest BCUT2D eigenvalue weighted by molar-refractivity contribution is 5.40. The number of aliphatic hydroxyl groups excluding tert-OH is 1. The molecule has 3 nitrogen and oxygen atoms in total. The Morgan fingerprint density at radius 1 is 1.12 bits per heavy atom. The van der Waals surface area contributed by atoms with Gasteiger partial charge < -0.3 is 14.9 Å². The number of rotatable bonds is 4. The second kappa shape index (κ2) is 6.68. The van der Waals surface area contributed by atoms with E-state index in [1.165, 1.54) is 24.0 Å². The van der Waals surface area contributed by atoms with Crippen molar-refractivity contribution in [2.75, 3.05) is 13.2 Å². The molecule has 4 rings (SSSR count). The monoisotopic (exact) mass is 330 g/mol. The molecule has 2 saturated carbocycles. The Kier molecular flexibility index (Phi) is 4.57. The maximum absolute atomic E-state index is 10.5. The molecular formula is C21H30O3. The highest BCUT2D eigenvalue weighted by Gasteiger charge is 2.50. The highest BCUT2D eigenvalue weighted by Crippen LogP contribution is 2.58. The van der Waals surface area contributed by atoms with Crippen LogP contribution in [0.25, 0.3) is 0 Å². The Bertz CT molecular complexity index is 584. The standard InChI is InChI=1S/C21H30O3/c1-2-24-10-9-14-12-19-17(7-8-20(19)23)18-5-3-13-11-15(22)4-6-16(13)21(14)18/h4,6,11,14,17-23H,2-3,5,7-10,12H2,1H3/t14-,17?,18?,19?,20-,21?/m0/s1. The van der Waals surface area contributed by atoms with E-state index in [2.05, 4.69) is 13.0 Å². The zero-order valence-electron chi connectivity index (χ0n) is 14.7. The number of phenols is 1. The van der Waals surface area contributed by atoms with E-state index < -0.39 is 0 Å². The van der Waals surface area contributed by atoms with E-state index in [1.54, 1.807) is 0 Å². The van der Waals surface area contributed by atoms with Gasteiger partial charge in [0.05, 0.1) is 6.10 Å². The van der Waals surface area contributed by atoms with Crippen LogP contribution in [0.3, 0.4) is 0 Å². The maximum Gasteiger partial charge on any atom is 0.115 e. The van der Waals surface area contributed by atoms with Gasteiger partial charge >= 0.3 is 0 Å². The summed E-state index contributed by atoms with van der Waals surface area (Å²) < 4.78 is 5.66. The number of benzene rings is 1. The molecule has 3 aliphatic carbocycles. The summed E-state index contributed by atoms with van der Waals surface area (Å²) in [5.41, 5.74) is 2.81. The zero-order chi connectivity index (χ0) is 16.7. The summed E-state index contributed by atoms with van der Waals surface area (Å²) in [7, 11) is 0. The first kappa shape index (κ1) is 16.4. The molecule has 4 unspecified atom stereocenters. The van der Waals surface area contributed by atoms with E-state index in [9.17, 15) is 10.2 Å². The van der Waals surface area contributed by atoms with Crippen LogP contribution in [0.15, 0.2) is 18.2 Å². The molecule has 0 aromatic heterocycles. The van der Waals surface area contributed by atoms with Crippen LogP contribution in [0.4, 0.5) is 0 Å². The molecule has 3 heteroatoms. The largest absolute Gasteiger partial charge is 0.508 e. The lowest BCUT2D eigenvalue weighted by Gasteiger charge is -2.49. The van der Waals surface area contributed by atoms with Crippen LogP contribution >= 0.6 is 0 Å². The molecule has 0 heterocycles. The van der Waals surface area contributed by atoms with Crippen molar-refractivity contribution in [2.45, 2.75) is 57.5 Å². The number of hydrogen-bond acceptors (Lipinski definition) is 3. The van der Waals surface area contributed by atoms with E-state index in [1.807, 2.05) is 12.1 Å². The molecule has 0 radical (unpaired) electrons. The van der Waals surface area contributed by atoms with Gasteiger partial charge in [-0.15, -0.1) is 0 Å². The fraction of sp³-hybridized carbons (Fsp3) is 0.714. The molecule has 24 heavy (non-hydrogen) atoms. The van der Waals surface area contributed by atoms with Crippen molar-refractivity contribution < 1.29 is 14.9 Å². The van der Waals surface area contributed by atoms with Crippen molar-refractivity contribution >= 4 is 0 Å². The highest BCUT2D eigenvalue weighted by atomic mass is 16.5. The Balaban J connectivity index is 1.65. The zero-order valence-corrected chi connectivity index (χ0v) is 14.7. The van der Waals surface area contributed by atoms with Crippen LogP contribution in [-0.4, -0.2) is 29.5 Å². The molecule has 0 bridgehead atoms. The molecule has 6 atom stereocenters. The van der Waals surface area contributed by atoms with Gasteiger partial charge in [0.2, 0.25) is 0 Å². The molecular weight excluding hydrogens is 300 g/mol. The van der Waals surface area contributed by atoms with Crippen LogP contribution in [0, 0.1) is 23.7 Å². The van der Waals surface area contributed by atoms with Crippen molar-refractivity contribution in [2.24, 2.45) is 23.7 Å². The average Bonchev–Trinajstić information content (AvgIpc) is 2.95. The number of aryl methyl sites for hydroxylation is 1. The summed E-state index contributed by atoms with van der Waals surface area (Å²) in [5, 5.41) is 20.3. The first-order valence-corrected chi connectivity index (χ1v) is 9.76. The van der Waals surface area contributed by atoms with Crippen molar-refractivity contribution in [1.29, 1.82) is 0 Å². The van der Waals surface area contributed by atoms with Crippen LogP contribution in [-0.2, 0) is 11.2 Å². The topological polar surface area (TPSA) is 49.7 Å². The Morgan fingerprint density at radius 3 is 2.83 bits per heavy atom. The predicted octanol–water partition coefficient (Wildman–Crippen LogP) is 3.87. The minimum atomic E-state index is -0.0910. The van der Waals surface area contributed by atoms with Gasteiger partial charge in [0.15, 0.2) is 0 Å². The summed E-state index contributed by atoms with van der Waals surface area (Å²) in [6.45, 7) is 3.66. The van der Waals surface area contributed by atoms with Crippen LogP contribution in [0.5, 0.6) is 5.75 Å². The normalized spacial score (nSPS) is 37.6. The van der Waals surface area contributed by atoms with Crippen molar-refractivity contribution in [1.82, 2.24) is 0 Å². The SMILES string of the molecule is CCOCC[C@H]1CC2C(CC[C@@H]2O)C2CCc3cc(O)ccc3C21. The summed E-state index contributed by atoms with van der Waals surface area (Å²) in [6.07, 6.45) is 6.60.